The lowest BCUT2D eigenvalue weighted by atomic mass is 10.0. The first-order valence-electron chi connectivity index (χ1n) is 36.6. The smallest absolute Gasteiger partial charge is 0.306 e. The summed E-state index contributed by atoms with van der Waals surface area (Å²) < 4.78 is 34.4. The van der Waals surface area contributed by atoms with Crippen molar-refractivity contribution >= 4 is 19.8 Å². The van der Waals surface area contributed by atoms with Gasteiger partial charge < -0.3 is 27.9 Å². The lowest BCUT2D eigenvalue weighted by molar-refractivity contribution is -0.870. The number of esters is 2. The molecule has 0 aliphatic carbocycles. The van der Waals surface area contributed by atoms with Crippen molar-refractivity contribution in [3.05, 3.63) is 109 Å². The van der Waals surface area contributed by atoms with Gasteiger partial charge in [-0.3, -0.25) is 14.2 Å². The summed E-state index contributed by atoms with van der Waals surface area (Å²) in [5.74, 6) is -0.828. The Hall–Kier alpha value is -3.33. The number of nitrogens with zero attached hydrogens (tertiary/aromatic N) is 1. The van der Waals surface area contributed by atoms with Crippen LogP contribution in [0.2, 0.25) is 0 Å². The number of rotatable bonds is 67. The van der Waals surface area contributed by atoms with Crippen molar-refractivity contribution in [1.82, 2.24) is 0 Å². The molecule has 10 heteroatoms. The Kier molecular flexibility index (Phi) is 65.5. The molecule has 0 spiro atoms. The lowest BCUT2D eigenvalue weighted by Crippen LogP contribution is -2.37. The van der Waals surface area contributed by atoms with E-state index in [1.54, 1.807) is 0 Å². The van der Waals surface area contributed by atoms with E-state index in [9.17, 15) is 19.0 Å². The molecule has 0 aromatic heterocycles. The monoisotopic (exact) mass is 1250 g/mol. The Bertz CT molecular complexity index is 1850. The highest BCUT2D eigenvalue weighted by atomic mass is 31.2. The van der Waals surface area contributed by atoms with Crippen molar-refractivity contribution in [2.24, 2.45) is 0 Å². The molecule has 2 atom stereocenters. The third kappa shape index (κ3) is 71.7. The van der Waals surface area contributed by atoms with E-state index in [0.29, 0.717) is 17.4 Å². The number of hydrogen-bond acceptors (Lipinski definition) is 8. The number of allylic oxidation sites excluding steroid dienone is 18. The number of carbonyl (C=O) groups is 2. The molecule has 0 rings (SSSR count). The molecule has 88 heavy (non-hydrogen) atoms. The average molecular weight is 1250 g/mol. The quantitative estimate of drug-likeness (QED) is 0.0195. The van der Waals surface area contributed by atoms with Crippen LogP contribution in [0.25, 0.3) is 0 Å². The standard InChI is InChI=1S/C78H138NO8P/c1-6-8-10-12-14-16-18-20-22-24-26-28-30-32-34-35-36-37-38-39-40-41-42-43-45-47-49-51-53-55-57-59-61-63-65-67-69-71-78(81)87-76(75-86-88(82,83)85-73-72-79(3,4)5)74-84-77(80)70-68-66-64-62-60-58-56-54-52-50-48-46-44-33-31-29-27-25-23-21-19-17-15-13-11-9-7-2/h8,10,14,16,20,22,25-28,32,34,36-37,39-40,42-43,76H,6-7,9,11-13,15,17-19,21,23-24,29-31,33,35,38,41,44-75H2,1-5H3/b10-8-,16-14-,22-20-,27-25-,28-26-,34-32-,37-36-,40-39-,43-42-. The van der Waals surface area contributed by atoms with Crippen LogP contribution >= 0.6 is 7.82 Å². The van der Waals surface area contributed by atoms with Crippen molar-refractivity contribution in [2.75, 3.05) is 47.5 Å². The van der Waals surface area contributed by atoms with Crippen LogP contribution in [0, 0.1) is 0 Å². The Morgan fingerprint density at radius 2 is 0.648 bits per heavy atom. The van der Waals surface area contributed by atoms with Gasteiger partial charge in [-0.05, 0) is 103 Å². The summed E-state index contributed by atoms with van der Waals surface area (Å²) in [4.78, 5) is 38.1. The SMILES string of the molecule is CC/C=C\C/C=C\C/C=C\C/C=C\C/C=C\C/C=C\C/C=C\C/C=C\CCCCCCCCCCCCCCC(=O)OC(COC(=O)CCCCCCCCCCCCCCCCC/C=C\CCCCCCCCCC)COP(=O)([O-])OCC[N+](C)(C)C. The Morgan fingerprint density at radius 1 is 0.364 bits per heavy atom. The van der Waals surface area contributed by atoms with Crippen LogP contribution in [0.4, 0.5) is 0 Å². The molecule has 0 aromatic carbocycles. The fourth-order valence-corrected chi connectivity index (χ4v) is 10.9. The highest BCUT2D eigenvalue weighted by Gasteiger charge is 2.22. The van der Waals surface area contributed by atoms with Crippen molar-refractivity contribution in [3.8, 4) is 0 Å². The van der Waals surface area contributed by atoms with Gasteiger partial charge in [0.1, 0.15) is 19.8 Å². The van der Waals surface area contributed by atoms with Gasteiger partial charge >= 0.3 is 11.9 Å². The molecular formula is C78H138NO8P. The van der Waals surface area contributed by atoms with Crippen molar-refractivity contribution in [3.63, 3.8) is 0 Å². The van der Waals surface area contributed by atoms with E-state index >= 15 is 0 Å². The maximum atomic E-state index is 12.9. The van der Waals surface area contributed by atoms with Gasteiger partial charge in [0.05, 0.1) is 27.7 Å². The van der Waals surface area contributed by atoms with Gasteiger partial charge in [-0.2, -0.15) is 0 Å². The summed E-state index contributed by atoms with van der Waals surface area (Å²) >= 11 is 0. The van der Waals surface area contributed by atoms with Crippen LogP contribution in [-0.2, 0) is 32.7 Å². The van der Waals surface area contributed by atoms with Gasteiger partial charge in [-0.15, -0.1) is 0 Å². The molecule has 0 saturated heterocycles. The topological polar surface area (TPSA) is 111 Å². The number of phosphoric acid groups is 1. The van der Waals surface area contributed by atoms with Crippen molar-refractivity contribution in [1.29, 1.82) is 0 Å². The van der Waals surface area contributed by atoms with Crippen LogP contribution < -0.4 is 4.89 Å². The summed E-state index contributed by atoms with van der Waals surface area (Å²) in [6.07, 6.45) is 96.0. The van der Waals surface area contributed by atoms with Crippen LogP contribution in [0.5, 0.6) is 0 Å². The predicted molar refractivity (Wildman–Crippen MR) is 378 cm³/mol. The second kappa shape index (κ2) is 68.0. The number of unbranched alkanes of at least 4 members (excludes halogenated alkanes) is 35. The summed E-state index contributed by atoms with van der Waals surface area (Å²) in [7, 11) is 1.17. The molecule has 508 valence electrons. The van der Waals surface area contributed by atoms with Gasteiger partial charge in [0.15, 0.2) is 6.10 Å². The zero-order valence-corrected chi connectivity index (χ0v) is 58.8. The number of quaternary nitrogens is 1. The first-order chi connectivity index (χ1) is 43.0. The molecule has 0 fully saturated rings. The minimum absolute atomic E-state index is 0.0339. The van der Waals surface area contributed by atoms with E-state index < -0.39 is 26.5 Å². The van der Waals surface area contributed by atoms with E-state index in [4.69, 9.17) is 18.5 Å². The van der Waals surface area contributed by atoms with Crippen molar-refractivity contribution < 1.29 is 42.1 Å². The number of hydrogen-bond donors (Lipinski definition) is 0. The number of carbonyl (C=O) groups excluding carboxylic acids is 2. The van der Waals surface area contributed by atoms with Gasteiger partial charge in [0.25, 0.3) is 7.82 Å². The molecular weight excluding hydrogens is 1110 g/mol. The van der Waals surface area contributed by atoms with Gasteiger partial charge in [0, 0.05) is 12.8 Å². The third-order valence-electron chi connectivity index (χ3n) is 15.8. The Labute approximate surface area is 544 Å². The maximum Gasteiger partial charge on any atom is 0.306 e. The highest BCUT2D eigenvalue weighted by Crippen LogP contribution is 2.38. The van der Waals surface area contributed by atoms with E-state index in [0.717, 1.165) is 89.9 Å². The molecule has 0 N–H and O–H groups in total. The zero-order valence-electron chi connectivity index (χ0n) is 57.9. The molecule has 0 aromatic rings. The zero-order chi connectivity index (χ0) is 64.1. The lowest BCUT2D eigenvalue weighted by Gasteiger charge is -2.28. The fourth-order valence-electron chi connectivity index (χ4n) is 10.2. The van der Waals surface area contributed by atoms with Crippen molar-refractivity contribution in [2.45, 2.75) is 328 Å². The molecule has 0 heterocycles. The minimum Gasteiger partial charge on any atom is -0.756 e. The molecule has 0 bridgehead atoms. The molecule has 0 saturated carbocycles. The van der Waals surface area contributed by atoms with Gasteiger partial charge in [0.2, 0.25) is 0 Å². The van der Waals surface area contributed by atoms with Crippen LogP contribution in [0.1, 0.15) is 322 Å². The predicted octanol–water partition coefficient (Wildman–Crippen LogP) is 23.4. The Balaban J connectivity index is 4.05. The number of phosphoric ester groups is 1. The third-order valence-corrected chi connectivity index (χ3v) is 16.7. The Morgan fingerprint density at radius 3 is 0.977 bits per heavy atom. The summed E-state index contributed by atoms with van der Waals surface area (Å²) in [5, 5.41) is 0. The second-order valence-electron chi connectivity index (χ2n) is 25.6. The largest absolute Gasteiger partial charge is 0.756 e. The van der Waals surface area contributed by atoms with E-state index in [-0.39, 0.29) is 32.0 Å². The van der Waals surface area contributed by atoms with Gasteiger partial charge in [-0.1, -0.05) is 316 Å². The summed E-state index contributed by atoms with van der Waals surface area (Å²) in [6.45, 7) is 4.16. The molecule has 0 aliphatic heterocycles. The summed E-state index contributed by atoms with van der Waals surface area (Å²) in [6, 6.07) is 0. The number of likely N-dealkylation sites (N-methyl/N-ethyl adjacent to an activating group) is 1. The number of ether oxygens (including phenoxy) is 2. The maximum absolute atomic E-state index is 12.9. The fraction of sp³-hybridized carbons (Fsp3) is 0.744. The molecule has 0 amide bonds. The van der Waals surface area contributed by atoms with E-state index in [2.05, 4.69) is 123 Å². The molecule has 2 unspecified atom stereocenters. The van der Waals surface area contributed by atoms with Crippen LogP contribution in [0.3, 0.4) is 0 Å². The molecule has 0 aliphatic rings. The first kappa shape index (κ1) is 84.7. The average Bonchev–Trinajstić information content (AvgIpc) is 3.68. The van der Waals surface area contributed by atoms with Crippen LogP contribution in [0.15, 0.2) is 109 Å². The van der Waals surface area contributed by atoms with Gasteiger partial charge in [-0.25, -0.2) is 0 Å². The van der Waals surface area contributed by atoms with E-state index in [1.807, 2.05) is 21.1 Å². The summed E-state index contributed by atoms with van der Waals surface area (Å²) in [5.41, 5.74) is 0. The van der Waals surface area contributed by atoms with Crippen LogP contribution in [-0.4, -0.2) is 70.0 Å². The van der Waals surface area contributed by atoms with E-state index in [1.165, 1.54) is 199 Å². The molecule has 9 nitrogen and oxygen atoms in total. The highest BCUT2D eigenvalue weighted by molar-refractivity contribution is 7.45. The first-order valence-corrected chi connectivity index (χ1v) is 38.1. The minimum atomic E-state index is -4.65. The second-order valence-corrected chi connectivity index (χ2v) is 27.0. The molecule has 0 radical (unpaired) electrons. The normalized spacial score (nSPS) is 13.8.